The van der Waals surface area contributed by atoms with Crippen molar-refractivity contribution in [2.45, 2.75) is 38.8 Å². The van der Waals surface area contributed by atoms with Crippen LogP contribution in [0.4, 0.5) is 5.69 Å². The number of likely N-dealkylation sites (N-methyl/N-ethyl adjacent to an activating group) is 1. The third kappa shape index (κ3) is 4.31. The summed E-state index contributed by atoms with van der Waals surface area (Å²) in [6.07, 6.45) is 1.73. The number of hydrogen-bond donors (Lipinski definition) is 2. The highest BCUT2D eigenvalue weighted by Crippen LogP contribution is 2.23. The lowest BCUT2D eigenvalue weighted by Gasteiger charge is -2.22. The smallest absolute Gasteiger partial charge is 0.269 e. The zero-order valence-corrected chi connectivity index (χ0v) is 12.1. The van der Waals surface area contributed by atoms with E-state index < -0.39 is 4.92 Å². The number of non-ortho nitro benzene ring substituents is 1. The molecule has 1 aromatic carbocycles. The quantitative estimate of drug-likeness (QED) is 0.591. The van der Waals surface area contributed by atoms with E-state index in [1.807, 2.05) is 13.0 Å². The molecule has 0 saturated carbocycles. The summed E-state index contributed by atoms with van der Waals surface area (Å²) in [6.45, 7) is 3.81. The number of nitro groups is 1. The molecule has 6 heteroatoms. The Kier molecular flexibility index (Phi) is 6.11. The van der Waals surface area contributed by atoms with Gasteiger partial charge in [0.05, 0.1) is 11.0 Å². The van der Waals surface area contributed by atoms with Gasteiger partial charge in [-0.2, -0.15) is 0 Å². The molecular formula is C14H21N3O3. The van der Waals surface area contributed by atoms with E-state index in [2.05, 4.69) is 10.6 Å². The largest absolute Gasteiger partial charge is 0.358 e. The molecule has 110 valence electrons. The maximum Gasteiger partial charge on any atom is 0.269 e. The van der Waals surface area contributed by atoms with E-state index in [-0.39, 0.29) is 23.7 Å². The molecule has 20 heavy (non-hydrogen) atoms. The number of hydrogen-bond acceptors (Lipinski definition) is 4. The number of benzene rings is 1. The molecule has 6 nitrogen and oxygen atoms in total. The van der Waals surface area contributed by atoms with Crippen LogP contribution in [0.25, 0.3) is 0 Å². The summed E-state index contributed by atoms with van der Waals surface area (Å²) >= 11 is 0. The Bertz CT molecular complexity index is 476. The second-order valence-electron chi connectivity index (χ2n) is 4.70. The van der Waals surface area contributed by atoms with Crippen LogP contribution in [-0.4, -0.2) is 23.9 Å². The van der Waals surface area contributed by atoms with E-state index in [1.165, 1.54) is 6.07 Å². The van der Waals surface area contributed by atoms with Crippen molar-refractivity contribution in [3.63, 3.8) is 0 Å². The summed E-state index contributed by atoms with van der Waals surface area (Å²) in [4.78, 5) is 22.0. The van der Waals surface area contributed by atoms with Crippen LogP contribution in [0.5, 0.6) is 0 Å². The fraction of sp³-hybridized carbons (Fsp3) is 0.500. The summed E-state index contributed by atoms with van der Waals surface area (Å²) in [5.74, 6) is -0.100. The van der Waals surface area contributed by atoms with Gasteiger partial charge in [0.15, 0.2) is 0 Å². The van der Waals surface area contributed by atoms with Gasteiger partial charge in [-0.3, -0.25) is 20.2 Å². The van der Waals surface area contributed by atoms with E-state index in [9.17, 15) is 14.9 Å². The van der Waals surface area contributed by atoms with Gasteiger partial charge in [0.1, 0.15) is 0 Å². The van der Waals surface area contributed by atoms with Gasteiger partial charge in [0, 0.05) is 25.2 Å². The molecule has 0 spiro atoms. The Morgan fingerprint density at radius 2 is 2.15 bits per heavy atom. The highest BCUT2D eigenvalue weighted by atomic mass is 16.6. The molecule has 2 unspecified atom stereocenters. The van der Waals surface area contributed by atoms with Crippen molar-refractivity contribution < 1.29 is 9.72 Å². The third-order valence-electron chi connectivity index (χ3n) is 3.15. The fourth-order valence-electron chi connectivity index (χ4n) is 2.08. The van der Waals surface area contributed by atoms with Crippen molar-refractivity contribution in [3.8, 4) is 0 Å². The van der Waals surface area contributed by atoms with Gasteiger partial charge in [0.25, 0.3) is 5.69 Å². The highest BCUT2D eigenvalue weighted by Gasteiger charge is 2.19. The molecule has 0 saturated heterocycles. The lowest BCUT2D eigenvalue weighted by Crippen LogP contribution is -2.42. The first-order valence-electron chi connectivity index (χ1n) is 6.71. The monoisotopic (exact) mass is 279 g/mol. The molecule has 2 atom stereocenters. The molecule has 1 rings (SSSR count). The zero-order valence-electron chi connectivity index (χ0n) is 12.1. The number of rotatable bonds is 7. The highest BCUT2D eigenvalue weighted by molar-refractivity contribution is 5.81. The summed E-state index contributed by atoms with van der Waals surface area (Å²) < 4.78 is 0. The minimum absolute atomic E-state index is 0.0676. The van der Waals surface area contributed by atoms with Gasteiger partial charge < -0.3 is 5.32 Å². The summed E-state index contributed by atoms with van der Waals surface area (Å²) in [5.41, 5.74) is 0.898. The lowest BCUT2D eigenvalue weighted by atomic mass is 10.0. The first kappa shape index (κ1) is 16.1. The number of nitro benzene ring substituents is 1. The van der Waals surface area contributed by atoms with E-state index in [0.29, 0.717) is 0 Å². The van der Waals surface area contributed by atoms with Gasteiger partial charge in [-0.1, -0.05) is 25.5 Å². The molecule has 0 heterocycles. The Morgan fingerprint density at radius 3 is 2.70 bits per heavy atom. The van der Waals surface area contributed by atoms with Crippen LogP contribution in [0.2, 0.25) is 0 Å². The Hall–Kier alpha value is -1.95. The number of nitrogens with one attached hydrogen (secondary N) is 2. The van der Waals surface area contributed by atoms with Crippen molar-refractivity contribution in [1.82, 2.24) is 10.6 Å². The molecule has 0 aromatic heterocycles. The van der Waals surface area contributed by atoms with Crippen molar-refractivity contribution in [1.29, 1.82) is 0 Å². The van der Waals surface area contributed by atoms with Crippen LogP contribution >= 0.6 is 0 Å². The number of carbonyl (C=O) groups excluding carboxylic acids is 1. The van der Waals surface area contributed by atoms with Crippen molar-refractivity contribution in [2.24, 2.45) is 0 Å². The minimum atomic E-state index is -0.408. The van der Waals surface area contributed by atoms with Crippen LogP contribution in [0.3, 0.4) is 0 Å². The van der Waals surface area contributed by atoms with Gasteiger partial charge in [-0.05, 0) is 18.9 Å². The second kappa shape index (κ2) is 7.59. The topological polar surface area (TPSA) is 84.3 Å². The minimum Gasteiger partial charge on any atom is -0.358 e. The fourth-order valence-corrected chi connectivity index (χ4v) is 2.08. The molecule has 0 aliphatic heterocycles. The average Bonchev–Trinajstić information content (AvgIpc) is 2.45. The van der Waals surface area contributed by atoms with Gasteiger partial charge >= 0.3 is 0 Å². The Morgan fingerprint density at radius 1 is 1.45 bits per heavy atom. The van der Waals surface area contributed by atoms with Gasteiger partial charge in [-0.25, -0.2) is 0 Å². The molecule has 0 aliphatic rings. The van der Waals surface area contributed by atoms with E-state index >= 15 is 0 Å². The van der Waals surface area contributed by atoms with Crippen molar-refractivity contribution in [3.05, 3.63) is 39.9 Å². The molecule has 1 amide bonds. The molecular weight excluding hydrogens is 258 g/mol. The van der Waals surface area contributed by atoms with Crippen molar-refractivity contribution in [2.75, 3.05) is 7.05 Å². The normalized spacial score (nSPS) is 13.6. The number of nitrogens with zero attached hydrogens (tertiary/aromatic N) is 1. The van der Waals surface area contributed by atoms with Crippen molar-refractivity contribution >= 4 is 11.6 Å². The predicted molar refractivity (Wildman–Crippen MR) is 77.4 cm³/mol. The molecule has 0 aliphatic carbocycles. The van der Waals surface area contributed by atoms with E-state index in [0.717, 1.165) is 18.4 Å². The summed E-state index contributed by atoms with van der Waals surface area (Å²) in [7, 11) is 1.59. The first-order chi connectivity index (χ1) is 9.49. The molecule has 0 fully saturated rings. The maximum atomic E-state index is 11.6. The zero-order chi connectivity index (χ0) is 15.1. The third-order valence-corrected chi connectivity index (χ3v) is 3.15. The van der Waals surface area contributed by atoms with Crippen LogP contribution in [0.1, 0.15) is 38.3 Å². The van der Waals surface area contributed by atoms with Gasteiger partial charge in [0.2, 0.25) is 5.91 Å². The van der Waals surface area contributed by atoms with Crippen LogP contribution < -0.4 is 10.6 Å². The molecule has 2 N–H and O–H groups in total. The number of amides is 1. The lowest BCUT2D eigenvalue weighted by molar-refractivity contribution is -0.384. The number of carbonyl (C=O) groups is 1. The SMILES string of the molecule is CCCC(NC(C)C(=O)NC)c1cccc([N+](=O)[O-])c1. The predicted octanol–water partition coefficient (Wildman–Crippen LogP) is 2.16. The summed E-state index contributed by atoms with van der Waals surface area (Å²) in [5, 5.41) is 16.6. The Labute approximate surface area is 118 Å². The standard InChI is InChI=1S/C14H21N3O3/c1-4-6-13(16-10(2)14(18)15-3)11-7-5-8-12(9-11)17(19)20/h5,7-10,13,16H,4,6H2,1-3H3,(H,15,18). The Balaban J connectivity index is 2.92. The van der Waals surface area contributed by atoms with Crippen LogP contribution in [0.15, 0.2) is 24.3 Å². The van der Waals surface area contributed by atoms with Crippen LogP contribution in [0, 0.1) is 10.1 Å². The van der Waals surface area contributed by atoms with Crippen LogP contribution in [-0.2, 0) is 4.79 Å². The second-order valence-corrected chi connectivity index (χ2v) is 4.70. The van der Waals surface area contributed by atoms with Gasteiger partial charge in [-0.15, -0.1) is 0 Å². The van der Waals surface area contributed by atoms with E-state index in [1.54, 1.807) is 26.1 Å². The average molecular weight is 279 g/mol. The maximum absolute atomic E-state index is 11.6. The van der Waals surface area contributed by atoms with E-state index in [4.69, 9.17) is 0 Å². The molecule has 0 bridgehead atoms. The summed E-state index contributed by atoms with van der Waals surface area (Å²) in [6, 6.07) is 6.11. The molecule has 1 aromatic rings. The first-order valence-corrected chi connectivity index (χ1v) is 6.71. The molecule has 0 radical (unpaired) electrons.